The van der Waals surface area contributed by atoms with Gasteiger partial charge in [-0.25, -0.2) is 0 Å². The highest BCUT2D eigenvalue weighted by molar-refractivity contribution is 5.68. The number of phenols is 1. The third-order valence-corrected chi connectivity index (χ3v) is 6.25. The van der Waals surface area contributed by atoms with Gasteiger partial charge in [0.2, 0.25) is 0 Å². The standard InChI is InChI=1S/C26H26N2O2/c1-17-9-10-18-6-3-4-7-20(18)22(17)15-28-16-23(21-8-5-13-27-26(21)28)19-11-12-24(29)25(14-19)30-2/h3-4,6-8,10-12,14,16-17,29H,5,9,13,15H2,1-2H3. The van der Waals surface area contributed by atoms with Gasteiger partial charge in [-0.2, -0.15) is 0 Å². The quantitative estimate of drug-likeness (QED) is 0.733. The Morgan fingerprint density at radius 2 is 2.03 bits per heavy atom. The SMILES string of the molecule is COc1cc(-c2cn(CC3=c4ccccc4=CCC3C)c3c2=CCCN=3)ccc1O. The Morgan fingerprint density at radius 1 is 1.17 bits per heavy atom. The predicted octanol–water partition coefficient (Wildman–Crippen LogP) is 2.34. The summed E-state index contributed by atoms with van der Waals surface area (Å²) in [5, 5.41) is 13.9. The Kier molecular flexibility index (Phi) is 4.70. The summed E-state index contributed by atoms with van der Waals surface area (Å²) < 4.78 is 7.63. The minimum Gasteiger partial charge on any atom is -0.504 e. The number of aromatic nitrogens is 1. The summed E-state index contributed by atoms with van der Waals surface area (Å²) in [6, 6.07) is 14.2. The van der Waals surface area contributed by atoms with Crippen LogP contribution in [0.4, 0.5) is 0 Å². The van der Waals surface area contributed by atoms with Gasteiger partial charge in [0.25, 0.3) is 0 Å². The second-order valence-electron chi connectivity index (χ2n) is 8.12. The first-order valence-electron chi connectivity index (χ1n) is 10.5. The van der Waals surface area contributed by atoms with Gasteiger partial charge >= 0.3 is 0 Å². The lowest BCUT2D eigenvalue weighted by molar-refractivity contribution is 0.373. The average molecular weight is 399 g/mol. The first-order chi connectivity index (χ1) is 14.7. The van der Waals surface area contributed by atoms with Crippen LogP contribution in [0, 0.1) is 5.92 Å². The molecule has 0 bridgehead atoms. The van der Waals surface area contributed by atoms with Crippen LogP contribution in [-0.2, 0) is 6.54 Å². The van der Waals surface area contributed by atoms with E-state index in [4.69, 9.17) is 9.73 Å². The molecule has 152 valence electrons. The number of aromatic hydroxyl groups is 1. The molecule has 0 spiro atoms. The highest BCUT2D eigenvalue weighted by Crippen LogP contribution is 2.30. The number of fused-ring (bicyclic) bond motifs is 2. The summed E-state index contributed by atoms with van der Waals surface area (Å²) in [7, 11) is 1.58. The van der Waals surface area contributed by atoms with Gasteiger partial charge in [-0.3, -0.25) is 4.99 Å². The number of methoxy groups -OCH3 is 1. The van der Waals surface area contributed by atoms with Crippen LogP contribution in [0.25, 0.3) is 28.9 Å². The number of hydrogen-bond acceptors (Lipinski definition) is 3. The molecule has 2 aromatic carbocycles. The van der Waals surface area contributed by atoms with E-state index in [1.54, 1.807) is 13.2 Å². The molecule has 1 unspecified atom stereocenters. The molecule has 0 radical (unpaired) electrons. The molecule has 1 aromatic heterocycles. The van der Waals surface area contributed by atoms with E-state index in [1.165, 1.54) is 21.2 Å². The molecule has 0 fully saturated rings. The zero-order valence-electron chi connectivity index (χ0n) is 17.4. The summed E-state index contributed by atoms with van der Waals surface area (Å²) in [4.78, 5) is 4.88. The molecule has 1 aliphatic carbocycles. The molecule has 3 aromatic rings. The van der Waals surface area contributed by atoms with Crippen molar-refractivity contribution in [2.24, 2.45) is 10.9 Å². The van der Waals surface area contributed by atoms with Gasteiger partial charge in [0.1, 0.15) is 5.49 Å². The first kappa shape index (κ1) is 18.7. The zero-order valence-corrected chi connectivity index (χ0v) is 17.4. The van der Waals surface area contributed by atoms with Crippen LogP contribution in [0.5, 0.6) is 11.5 Å². The molecule has 30 heavy (non-hydrogen) atoms. The third kappa shape index (κ3) is 3.13. The fourth-order valence-electron chi connectivity index (χ4n) is 4.62. The van der Waals surface area contributed by atoms with Gasteiger partial charge in [0.05, 0.1) is 7.11 Å². The van der Waals surface area contributed by atoms with E-state index in [9.17, 15) is 5.11 Å². The van der Waals surface area contributed by atoms with Gasteiger partial charge in [-0.15, -0.1) is 0 Å². The Labute approximate surface area is 175 Å². The lowest BCUT2D eigenvalue weighted by Crippen LogP contribution is -2.37. The van der Waals surface area contributed by atoms with E-state index < -0.39 is 0 Å². The van der Waals surface area contributed by atoms with Crippen molar-refractivity contribution >= 4 is 17.7 Å². The third-order valence-electron chi connectivity index (χ3n) is 6.25. The molecule has 1 atom stereocenters. The van der Waals surface area contributed by atoms with E-state index in [0.29, 0.717) is 11.7 Å². The van der Waals surface area contributed by atoms with Crippen molar-refractivity contribution in [3.8, 4) is 22.6 Å². The van der Waals surface area contributed by atoms with E-state index in [0.717, 1.165) is 42.5 Å². The number of phenolic OH excluding ortho intramolecular Hbond substituents is 1. The van der Waals surface area contributed by atoms with Crippen molar-refractivity contribution < 1.29 is 9.84 Å². The zero-order chi connectivity index (χ0) is 20.7. The molecule has 0 amide bonds. The second kappa shape index (κ2) is 7.52. The second-order valence-corrected chi connectivity index (χ2v) is 8.12. The van der Waals surface area contributed by atoms with Crippen LogP contribution in [0.2, 0.25) is 0 Å². The van der Waals surface area contributed by atoms with Gasteiger partial charge in [-0.1, -0.05) is 49.4 Å². The maximum atomic E-state index is 10.0. The van der Waals surface area contributed by atoms with Crippen LogP contribution >= 0.6 is 0 Å². The smallest absolute Gasteiger partial charge is 0.161 e. The van der Waals surface area contributed by atoms with Gasteiger partial charge in [0, 0.05) is 30.1 Å². The summed E-state index contributed by atoms with van der Waals surface area (Å²) in [6.45, 7) is 3.97. The highest BCUT2D eigenvalue weighted by Gasteiger charge is 2.17. The van der Waals surface area contributed by atoms with Crippen LogP contribution in [0.15, 0.2) is 53.7 Å². The van der Waals surface area contributed by atoms with Crippen molar-refractivity contribution in [2.75, 3.05) is 13.7 Å². The van der Waals surface area contributed by atoms with E-state index in [-0.39, 0.29) is 5.75 Å². The molecule has 1 N–H and O–H groups in total. The minimum absolute atomic E-state index is 0.155. The maximum absolute atomic E-state index is 10.0. The molecule has 0 saturated heterocycles. The number of hydrogen-bond donors (Lipinski definition) is 1. The van der Waals surface area contributed by atoms with Crippen LogP contribution in [0.3, 0.4) is 0 Å². The van der Waals surface area contributed by atoms with Crippen LogP contribution in [-0.4, -0.2) is 23.3 Å². The number of ether oxygens (including phenoxy) is 1. The summed E-state index contributed by atoms with van der Waals surface area (Å²) in [5.74, 6) is 1.15. The fraction of sp³-hybridized carbons (Fsp3) is 0.269. The lowest BCUT2D eigenvalue weighted by atomic mass is 9.90. The average Bonchev–Trinajstić information content (AvgIpc) is 3.15. The Hall–Kier alpha value is -3.27. The van der Waals surface area contributed by atoms with E-state index >= 15 is 0 Å². The first-order valence-corrected chi connectivity index (χ1v) is 10.5. The Bertz CT molecular complexity index is 1360. The molecule has 4 nitrogen and oxygen atoms in total. The summed E-state index contributed by atoms with van der Waals surface area (Å²) in [5.41, 5.74) is 4.68. The fourth-order valence-corrected chi connectivity index (χ4v) is 4.62. The van der Waals surface area contributed by atoms with Crippen molar-refractivity contribution in [3.05, 3.63) is 69.8 Å². The number of rotatable bonds is 4. The normalized spacial score (nSPS) is 17.3. The van der Waals surface area contributed by atoms with Gasteiger partial charge < -0.3 is 14.4 Å². The molecule has 2 heterocycles. The molecule has 0 saturated carbocycles. The van der Waals surface area contributed by atoms with Crippen molar-refractivity contribution in [1.82, 2.24) is 4.57 Å². The van der Waals surface area contributed by atoms with Crippen molar-refractivity contribution in [1.29, 1.82) is 0 Å². The number of benzene rings is 2. The molecule has 4 heteroatoms. The Balaban J connectivity index is 1.68. The van der Waals surface area contributed by atoms with Gasteiger partial charge in [-0.05, 0) is 52.5 Å². The van der Waals surface area contributed by atoms with Gasteiger partial charge in [0.15, 0.2) is 11.5 Å². The highest BCUT2D eigenvalue weighted by atomic mass is 16.5. The molecular formula is C26H26N2O2. The Morgan fingerprint density at radius 3 is 2.90 bits per heavy atom. The largest absolute Gasteiger partial charge is 0.504 e. The topological polar surface area (TPSA) is 46.8 Å². The number of nitrogens with zero attached hydrogens (tertiary/aromatic N) is 2. The van der Waals surface area contributed by atoms with Crippen LogP contribution < -0.4 is 25.9 Å². The van der Waals surface area contributed by atoms with Crippen molar-refractivity contribution in [3.63, 3.8) is 0 Å². The predicted molar refractivity (Wildman–Crippen MR) is 120 cm³/mol. The molecule has 5 rings (SSSR count). The van der Waals surface area contributed by atoms with E-state index in [1.807, 2.05) is 12.1 Å². The lowest BCUT2D eigenvalue weighted by Gasteiger charge is -2.19. The van der Waals surface area contributed by atoms with Crippen molar-refractivity contribution in [2.45, 2.75) is 26.3 Å². The molecule has 1 aliphatic heterocycles. The summed E-state index contributed by atoms with van der Waals surface area (Å²) >= 11 is 0. The van der Waals surface area contributed by atoms with Crippen LogP contribution in [0.1, 0.15) is 19.8 Å². The summed E-state index contributed by atoms with van der Waals surface area (Å²) in [6.07, 6.45) is 8.86. The molecule has 2 aliphatic rings. The van der Waals surface area contributed by atoms with E-state index in [2.05, 4.69) is 54.1 Å². The molecular weight excluding hydrogens is 372 g/mol. The maximum Gasteiger partial charge on any atom is 0.161 e. The minimum atomic E-state index is 0.155. The monoisotopic (exact) mass is 398 g/mol.